The monoisotopic (exact) mass is 317 g/mol. The Balaban J connectivity index is 1.74. The molecule has 2 amide bonds. The van der Waals surface area contributed by atoms with Crippen molar-refractivity contribution in [2.75, 3.05) is 39.9 Å². The van der Waals surface area contributed by atoms with Crippen LogP contribution in [0, 0.1) is 11.3 Å². The highest BCUT2D eigenvalue weighted by atomic mass is 16.5. The maximum Gasteiger partial charge on any atom is 0.255 e. The number of carbonyl (C=O) groups is 2. The molecule has 3 rings (SSSR count). The number of likely N-dealkylation sites (tertiary alicyclic amines) is 2. The van der Waals surface area contributed by atoms with Gasteiger partial charge in [-0.1, -0.05) is 6.92 Å². The quantitative estimate of drug-likeness (QED) is 0.832. The van der Waals surface area contributed by atoms with Crippen LogP contribution in [0.2, 0.25) is 0 Å². The lowest BCUT2D eigenvalue weighted by atomic mass is 9.78. The maximum absolute atomic E-state index is 12.9. The molecule has 0 saturated carbocycles. The Hall–Kier alpha value is -1.95. The number of amides is 2. The molecule has 0 N–H and O–H groups in total. The lowest BCUT2D eigenvalue weighted by Crippen LogP contribution is -2.41. The molecule has 2 aliphatic heterocycles. The molecule has 0 radical (unpaired) electrons. The average Bonchev–Trinajstić information content (AvgIpc) is 3.08. The molecule has 2 atom stereocenters. The van der Waals surface area contributed by atoms with Crippen LogP contribution in [0.15, 0.2) is 24.5 Å². The summed E-state index contributed by atoms with van der Waals surface area (Å²) in [6, 6.07) is 3.53. The van der Waals surface area contributed by atoms with Crippen LogP contribution >= 0.6 is 0 Å². The third-order valence-electron chi connectivity index (χ3n) is 5.21. The van der Waals surface area contributed by atoms with Crippen LogP contribution in [-0.2, 0) is 9.53 Å². The minimum absolute atomic E-state index is 0.0371. The highest BCUT2D eigenvalue weighted by Gasteiger charge is 2.55. The van der Waals surface area contributed by atoms with Crippen LogP contribution in [-0.4, -0.2) is 66.5 Å². The average molecular weight is 317 g/mol. The summed E-state index contributed by atoms with van der Waals surface area (Å²) in [4.78, 5) is 33.2. The summed E-state index contributed by atoms with van der Waals surface area (Å²) in [5.41, 5.74) is 0.157. The first-order chi connectivity index (χ1) is 11.1. The second kappa shape index (κ2) is 6.28. The van der Waals surface area contributed by atoms with E-state index in [4.69, 9.17) is 4.74 Å². The fraction of sp³-hybridized carbons (Fsp3) is 0.588. The third kappa shape index (κ3) is 2.72. The van der Waals surface area contributed by atoms with Crippen molar-refractivity contribution in [3.05, 3.63) is 30.1 Å². The minimum Gasteiger partial charge on any atom is -0.383 e. The zero-order valence-corrected chi connectivity index (χ0v) is 13.7. The summed E-state index contributed by atoms with van der Waals surface area (Å²) >= 11 is 0. The fourth-order valence-electron chi connectivity index (χ4n) is 3.77. The van der Waals surface area contributed by atoms with Crippen molar-refractivity contribution in [2.45, 2.75) is 13.3 Å². The number of hydrogen-bond acceptors (Lipinski definition) is 4. The highest BCUT2D eigenvalue weighted by molar-refractivity contribution is 5.95. The smallest absolute Gasteiger partial charge is 0.255 e. The van der Waals surface area contributed by atoms with Gasteiger partial charge in [0.2, 0.25) is 5.91 Å². The number of methoxy groups -OCH3 is 1. The number of pyridine rings is 1. The number of rotatable bonds is 4. The van der Waals surface area contributed by atoms with Crippen molar-refractivity contribution in [1.82, 2.24) is 14.8 Å². The fourth-order valence-corrected chi connectivity index (χ4v) is 3.77. The molecule has 2 aliphatic rings. The lowest BCUT2D eigenvalue weighted by Gasteiger charge is -2.26. The van der Waals surface area contributed by atoms with Gasteiger partial charge in [-0.2, -0.15) is 0 Å². The molecule has 23 heavy (non-hydrogen) atoms. The van der Waals surface area contributed by atoms with E-state index < -0.39 is 5.41 Å². The highest BCUT2D eigenvalue weighted by Crippen LogP contribution is 2.44. The Kier molecular flexibility index (Phi) is 4.35. The van der Waals surface area contributed by atoms with Gasteiger partial charge < -0.3 is 14.5 Å². The van der Waals surface area contributed by atoms with Gasteiger partial charge in [-0.3, -0.25) is 14.6 Å². The summed E-state index contributed by atoms with van der Waals surface area (Å²) in [6.07, 6.45) is 4.05. The molecule has 3 heterocycles. The molecule has 0 aliphatic carbocycles. The van der Waals surface area contributed by atoms with Gasteiger partial charge in [-0.05, 0) is 24.5 Å². The SMILES string of the molecule is COCCN1CC[C@@]2(CN(C(=O)c3cccnc3)C[C@@H]2C)C1=O. The molecule has 1 aromatic rings. The minimum atomic E-state index is -0.425. The number of hydrogen-bond donors (Lipinski definition) is 0. The molecular weight excluding hydrogens is 294 g/mol. The predicted molar refractivity (Wildman–Crippen MR) is 84.8 cm³/mol. The summed E-state index contributed by atoms with van der Waals surface area (Å²) in [5.74, 6) is 0.302. The van der Waals surface area contributed by atoms with Gasteiger partial charge >= 0.3 is 0 Å². The van der Waals surface area contributed by atoms with Gasteiger partial charge in [-0.15, -0.1) is 0 Å². The van der Waals surface area contributed by atoms with Crippen molar-refractivity contribution in [3.63, 3.8) is 0 Å². The van der Waals surface area contributed by atoms with Crippen molar-refractivity contribution in [1.29, 1.82) is 0 Å². The van der Waals surface area contributed by atoms with E-state index in [1.807, 2.05) is 4.90 Å². The summed E-state index contributed by atoms with van der Waals surface area (Å²) < 4.78 is 5.08. The van der Waals surface area contributed by atoms with Gasteiger partial charge in [0.05, 0.1) is 17.6 Å². The van der Waals surface area contributed by atoms with Crippen molar-refractivity contribution in [2.24, 2.45) is 11.3 Å². The molecule has 6 heteroatoms. The maximum atomic E-state index is 12.9. The second-order valence-corrected chi connectivity index (χ2v) is 6.52. The van der Waals surface area contributed by atoms with E-state index in [9.17, 15) is 9.59 Å². The molecule has 124 valence electrons. The number of nitrogens with zero attached hydrogens (tertiary/aromatic N) is 3. The Morgan fingerprint density at radius 3 is 3.04 bits per heavy atom. The van der Waals surface area contributed by atoms with E-state index in [2.05, 4.69) is 11.9 Å². The molecular formula is C17H23N3O3. The van der Waals surface area contributed by atoms with Crippen molar-refractivity contribution >= 4 is 11.8 Å². The van der Waals surface area contributed by atoms with E-state index in [1.165, 1.54) is 0 Å². The van der Waals surface area contributed by atoms with Crippen LogP contribution in [0.5, 0.6) is 0 Å². The molecule has 2 fully saturated rings. The molecule has 0 aromatic carbocycles. The van der Waals surface area contributed by atoms with E-state index in [0.29, 0.717) is 31.8 Å². The Labute approximate surface area is 136 Å². The summed E-state index contributed by atoms with van der Waals surface area (Å²) in [7, 11) is 1.64. The number of ether oxygens (including phenoxy) is 1. The topological polar surface area (TPSA) is 62.7 Å². The van der Waals surface area contributed by atoms with E-state index in [0.717, 1.165) is 13.0 Å². The van der Waals surface area contributed by atoms with E-state index in [-0.39, 0.29) is 17.7 Å². The first-order valence-electron chi connectivity index (χ1n) is 8.06. The van der Waals surface area contributed by atoms with Gasteiger partial charge in [-0.25, -0.2) is 0 Å². The first kappa shape index (κ1) is 15.9. The largest absolute Gasteiger partial charge is 0.383 e. The van der Waals surface area contributed by atoms with Crippen LogP contribution in [0.4, 0.5) is 0 Å². The van der Waals surface area contributed by atoms with Crippen LogP contribution in [0.3, 0.4) is 0 Å². The zero-order valence-electron chi connectivity index (χ0n) is 13.7. The van der Waals surface area contributed by atoms with Crippen LogP contribution in [0.1, 0.15) is 23.7 Å². The van der Waals surface area contributed by atoms with E-state index in [1.54, 1.807) is 36.5 Å². The standard InChI is InChI=1S/C17H23N3O3/c1-13-11-20(15(21)14-4-3-6-18-10-14)12-17(13)5-7-19(16(17)22)8-9-23-2/h3-4,6,10,13H,5,7-9,11-12H2,1-2H3/t13-,17-/m0/s1. The van der Waals surface area contributed by atoms with Crippen LogP contribution < -0.4 is 0 Å². The zero-order chi connectivity index (χ0) is 16.4. The van der Waals surface area contributed by atoms with E-state index >= 15 is 0 Å². The molecule has 6 nitrogen and oxygen atoms in total. The Bertz CT molecular complexity index is 592. The Morgan fingerprint density at radius 1 is 1.52 bits per heavy atom. The van der Waals surface area contributed by atoms with Crippen molar-refractivity contribution < 1.29 is 14.3 Å². The molecule has 0 bridgehead atoms. The van der Waals surface area contributed by atoms with Gasteiger partial charge in [0, 0.05) is 45.7 Å². The molecule has 1 aromatic heterocycles. The number of aromatic nitrogens is 1. The Morgan fingerprint density at radius 2 is 2.35 bits per heavy atom. The lowest BCUT2D eigenvalue weighted by molar-refractivity contribution is -0.137. The van der Waals surface area contributed by atoms with Gasteiger partial charge in [0.15, 0.2) is 0 Å². The first-order valence-corrected chi connectivity index (χ1v) is 8.06. The summed E-state index contributed by atoms with van der Waals surface area (Å²) in [6.45, 7) is 5.13. The molecule has 2 saturated heterocycles. The second-order valence-electron chi connectivity index (χ2n) is 6.52. The summed E-state index contributed by atoms with van der Waals surface area (Å²) in [5, 5.41) is 0. The third-order valence-corrected chi connectivity index (χ3v) is 5.21. The predicted octanol–water partition coefficient (Wildman–Crippen LogP) is 1.04. The normalized spacial score (nSPS) is 27.2. The van der Waals surface area contributed by atoms with Crippen molar-refractivity contribution in [3.8, 4) is 0 Å². The van der Waals surface area contributed by atoms with Gasteiger partial charge in [0.25, 0.3) is 5.91 Å². The molecule has 1 spiro atoms. The molecule has 0 unspecified atom stereocenters. The van der Waals surface area contributed by atoms with Gasteiger partial charge in [0.1, 0.15) is 0 Å². The number of carbonyl (C=O) groups excluding carboxylic acids is 2. The van der Waals surface area contributed by atoms with Crippen LogP contribution in [0.25, 0.3) is 0 Å².